The Kier molecular flexibility index (Phi) is 5.16. The maximum Gasteiger partial charge on any atom is 0.317 e. The largest absolute Gasteiger partial charge is 0.497 e. The second-order valence-electron chi connectivity index (χ2n) is 6.28. The summed E-state index contributed by atoms with van der Waals surface area (Å²) in [5, 5.41) is 11.9. The molecule has 0 unspecified atom stereocenters. The van der Waals surface area contributed by atoms with Gasteiger partial charge in [0, 0.05) is 5.92 Å². The Morgan fingerprint density at radius 2 is 2.04 bits per heavy atom. The third-order valence-electron chi connectivity index (χ3n) is 4.78. The maximum absolute atomic E-state index is 10.8. The van der Waals surface area contributed by atoms with Gasteiger partial charge < -0.3 is 15.2 Å². The highest BCUT2D eigenvalue weighted by Gasteiger charge is 2.30. The Balaban J connectivity index is 1.91. The van der Waals surface area contributed by atoms with E-state index >= 15 is 0 Å². The molecule has 2 aromatic rings. The molecule has 2 N–H and O–H groups in total. The summed E-state index contributed by atoms with van der Waals surface area (Å²) < 4.78 is 5.36. The van der Waals surface area contributed by atoms with Crippen LogP contribution in [-0.2, 0) is 11.2 Å². The van der Waals surface area contributed by atoms with Crippen LogP contribution in [0.15, 0.2) is 48.5 Å². The van der Waals surface area contributed by atoms with Crippen molar-refractivity contribution in [2.24, 2.45) is 5.92 Å². The predicted octanol–water partition coefficient (Wildman–Crippen LogP) is 3.06. The van der Waals surface area contributed by atoms with Gasteiger partial charge in [0.2, 0.25) is 0 Å². The quantitative estimate of drug-likeness (QED) is 0.857. The molecule has 0 aliphatic heterocycles. The van der Waals surface area contributed by atoms with Gasteiger partial charge in [0.1, 0.15) is 5.75 Å². The first-order chi connectivity index (χ1) is 11.7. The molecule has 3 rings (SSSR count). The Labute approximate surface area is 142 Å². The zero-order valence-electron chi connectivity index (χ0n) is 13.9. The van der Waals surface area contributed by atoms with E-state index in [-0.39, 0.29) is 12.5 Å². The zero-order chi connectivity index (χ0) is 16.9. The molecule has 0 aromatic heterocycles. The SMILES string of the molecule is COc1ccc2c(c1)CC[C@H](CNCC(=O)O)[C@@H]2c1ccccc1. The second-order valence-corrected chi connectivity index (χ2v) is 6.28. The van der Waals surface area contributed by atoms with Gasteiger partial charge in [-0.25, -0.2) is 0 Å². The Hall–Kier alpha value is -2.33. The van der Waals surface area contributed by atoms with Crippen LogP contribution in [-0.4, -0.2) is 31.3 Å². The summed E-state index contributed by atoms with van der Waals surface area (Å²) >= 11 is 0. The van der Waals surface area contributed by atoms with E-state index in [0.717, 1.165) is 18.6 Å². The summed E-state index contributed by atoms with van der Waals surface area (Å²) in [6.07, 6.45) is 2.03. The Morgan fingerprint density at radius 3 is 2.75 bits per heavy atom. The normalized spacial score (nSPS) is 19.5. The van der Waals surface area contributed by atoms with Crippen LogP contribution >= 0.6 is 0 Å². The number of aliphatic carboxylic acids is 1. The molecule has 2 aromatic carbocycles. The van der Waals surface area contributed by atoms with E-state index in [1.807, 2.05) is 12.1 Å². The number of carboxylic acid groups (broad SMARTS) is 1. The van der Waals surface area contributed by atoms with E-state index < -0.39 is 5.97 Å². The van der Waals surface area contributed by atoms with Crippen LogP contribution in [0.5, 0.6) is 5.75 Å². The summed E-state index contributed by atoms with van der Waals surface area (Å²) in [5.41, 5.74) is 3.94. The van der Waals surface area contributed by atoms with Crippen LogP contribution in [0.1, 0.15) is 29.0 Å². The van der Waals surface area contributed by atoms with Gasteiger partial charge >= 0.3 is 5.97 Å². The number of aryl methyl sites for hydroxylation is 1. The molecule has 1 aliphatic rings. The zero-order valence-corrected chi connectivity index (χ0v) is 13.9. The molecule has 24 heavy (non-hydrogen) atoms. The summed E-state index contributed by atoms with van der Waals surface area (Å²) in [6, 6.07) is 16.8. The monoisotopic (exact) mass is 325 g/mol. The second kappa shape index (κ2) is 7.49. The van der Waals surface area contributed by atoms with Crippen LogP contribution in [0.2, 0.25) is 0 Å². The van der Waals surface area contributed by atoms with Crippen molar-refractivity contribution in [2.75, 3.05) is 20.2 Å². The standard InChI is InChI=1S/C20H23NO3/c1-24-17-9-10-18-15(11-17)7-8-16(12-21-13-19(22)23)20(18)14-5-3-2-4-6-14/h2-6,9-11,16,20-21H,7-8,12-13H2,1H3,(H,22,23)/t16-,20+/m1/s1. The fourth-order valence-electron chi connectivity index (χ4n) is 3.69. The third kappa shape index (κ3) is 3.60. The fraction of sp³-hybridized carbons (Fsp3) is 0.350. The summed E-state index contributed by atoms with van der Waals surface area (Å²) in [5.74, 6) is 0.741. The van der Waals surface area contributed by atoms with Gasteiger partial charge in [-0.2, -0.15) is 0 Å². The number of benzene rings is 2. The van der Waals surface area contributed by atoms with Gasteiger partial charge in [0.15, 0.2) is 0 Å². The lowest BCUT2D eigenvalue weighted by atomic mass is 9.71. The molecule has 0 bridgehead atoms. The minimum absolute atomic E-state index is 0.00742. The highest BCUT2D eigenvalue weighted by atomic mass is 16.5. The lowest BCUT2D eigenvalue weighted by Gasteiger charge is -2.34. The Morgan fingerprint density at radius 1 is 1.25 bits per heavy atom. The van der Waals surface area contributed by atoms with Crippen molar-refractivity contribution in [1.29, 1.82) is 0 Å². The van der Waals surface area contributed by atoms with Gasteiger partial charge in [-0.05, 0) is 54.1 Å². The number of hydrogen-bond acceptors (Lipinski definition) is 3. The molecule has 0 saturated carbocycles. The molecule has 0 fully saturated rings. The van der Waals surface area contributed by atoms with E-state index in [4.69, 9.17) is 9.84 Å². The van der Waals surface area contributed by atoms with Crippen LogP contribution in [0, 0.1) is 5.92 Å². The highest BCUT2D eigenvalue weighted by Crippen LogP contribution is 2.41. The van der Waals surface area contributed by atoms with E-state index in [0.29, 0.717) is 12.5 Å². The van der Waals surface area contributed by atoms with Crippen molar-refractivity contribution in [3.63, 3.8) is 0 Å². The van der Waals surface area contributed by atoms with Gasteiger partial charge in [0.25, 0.3) is 0 Å². The Bertz CT molecular complexity index is 699. The van der Waals surface area contributed by atoms with E-state index in [1.165, 1.54) is 16.7 Å². The van der Waals surface area contributed by atoms with Crippen LogP contribution in [0.25, 0.3) is 0 Å². The molecular weight excluding hydrogens is 302 g/mol. The minimum atomic E-state index is -0.813. The molecule has 0 radical (unpaired) electrons. The number of nitrogens with one attached hydrogen (secondary N) is 1. The molecular formula is C20H23NO3. The number of ether oxygens (including phenoxy) is 1. The molecule has 0 heterocycles. The number of fused-ring (bicyclic) bond motifs is 1. The van der Waals surface area contributed by atoms with Crippen molar-refractivity contribution < 1.29 is 14.6 Å². The average Bonchev–Trinajstić information content (AvgIpc) is 2.61. The summed E-state index contributed by atoms with van der Waals surface area (Å²) in [7, 11) is 1.69. The third-order valence-corrected chi connectivity index (χ3v) is 4.78. The van der Waals surface area contributed by atoms with Crippen molar-refractivity contribution in [3.8, 4) is 5.75 Å². The number of hydrogen-bond donors (Lipinski definition) is 2. The molecule has 126 valence electrons. The van der Waals surface area contributed by atoms with Gasteiger partial charge in [-0.15, -0.1) is 0 Å². The molecule has 4 heteroatoms. The van der Waals surface area contributed by atoms with Crippen LogP contribution in [0.4, 0.5) is 0 Å². The van der Waals surface area contributed by atoms with Crippen molar-refractivity contribution >= 4 is 5.97 Å². The van der Waals surface area contributed by atoms with Gasteiger partial charge in [0.05, 0.1) is 13.7 Å². The summed E-state index contributed by atoms with van der Waals surface area (Å²) in [4.78, 5) is 10.8. The lowest BCUT2D eigenvalue weighted by molar-refractivity contribution is -0.136. The predicted molar refractivity (Wildman–Crippen MR) is 93.6 cm³/mol. The number of rotatable bonds is 6. The summed E-state index contributed by atoms with van der Waals surface area (Å²) in [6.45, 7) is 0.713. The van der Waals surface area contributed by atoms with Crippen LogP contribution < -0.4 is 10.1 Å². The average molecular weight is 325 g/mol. The molecule has 0 amide bonds. The molecule has 0 spiro atoms. The first-order valence-electron chi connectivity index (χ1n) is 8.33. The van der Waals surface area contributed by atoms with E-state index in [2.05, 4.69) is 41.7 Å². The number of carbonyl (C=O) groups is 1. The smallest absolute Gasteiger partial charge is 0.317 e. The van der Waals surface area contributed by atoms with Crippen molar-refractivity contribution in [3.05, 3.63) is 65.2 Å². The highest BCUT2D eigenvalue weighted by molar-refractivity contribution is 5.69. The minimum Gasteiger partial charge on any atom is -0.497 e. The lowest BCUT2D eigenvalue weighted by Crippen LogP contribution is -2.34. The van der Waals surface area contributed by atoms with Gasteiger partial charge in [-0.1, -0.05) is 36.4 Å². The molecule has 2 atom stereocenters. The first-order valence-corrected chi connectivity index (χ1v) is 8.33. The van der Waals surface area contributed by atoms with Gasteiger partial charge in [-0.3, -0.25) is 4.79 Å². The number of methoxy groups -OCH3 is 1. The number of carboxylic acids is 1. The maximum atomic E-state index is 10.8. The van der Waals surface area contributed by atoms with E-state index in [9.17, 15) is 4.79 Å². The first kappa shape index (κ1) is 16.5. The topological polar surface area (TPSA) is 58.6 Å². The molecule has 4 nitrogen and oxygen atoms in total. The van der Waals surface area contributed by atoms with Crippen molar-refractivity contribution in [1.82, 2.24) is 5.32 Å². The van der Waals surface area contributed by atoms with E-state index in [1.54, 1.807) is 7.11 Å². The molecule has 0 saturated heterocycles. The molecule has 1 aliphatic carbocycles. The fourth-order valence-corrected chi connectivity index (χ4v) is 3.69. The van der Waals surface area contributed by atoms with Crippen molar-refractivity contribution in [2.45, 2.75) is 18.8 Å². The van der Waals surface area contributed by atoms with Crippen LogP contribution in [0.3, 0.4) is 0 Å².